The fourth-order valence-electron chi connectivity index (χ4n) is 7.44. The number of carboxylic acid groups (broad SMARTS) is 1. The lowest BCUT2D eigenvalue weighted by atomic mass is 9.87. The first-order chi connectivity index (χ1) is 28.0. The number of amides is 2. The summed E-state index contributed by atoms with van der Waals surface area (Å²) < 4.78 is 37.0. The quantitative estimate of drug-likeness (QED) is 0.123. The molecule has 308 valence electrons. The molecular weight excluding hydrogens is 746 g/mol. The van der Waals surface area contributed by atoms with Crippen molar-refractivity contribution in [2.45, 2.75) is 64.1 Å². The second kappa shape index (κ2) is 21.9. The molecule has 2 aliphatic rings. The van der Waals surface area contributed by atoms with Crippen LogP contribution in [0.1, 0.15) is 72.0 Å². The van der Waals surface area contributed by atoms with Crippen molar-refractivity contribution in [1.82, 2.24) is 20.1 Å². The molecule has 0 spiro atoms. The van der Waals surface area contributed by atoms with Gasteiger partial charge in [0.2, 0.25) is 5.91 Å². The Balaban J connectivity index is 0.000000839. The third kappa shape index (κ3) is 13.9. The molecule has 2 fully saturated rings. The fourth-order valence-corrected chi connectivity index (χ4v) is 7.44. The summed E-state index contributed by atoms with van der Waals surface area (Å²) in [7, 11) is 1.64. The van der Waals surface area contributed by atoms with Crippen molar-refractivity contribution in [2.75, 3.05) is 39.8 Å². The van der Waals surface area contributed by atoms with Gasteiger partial charge in [-0.25, -0.2) is 4.79 Å². The number of carboxylic acids is 1. The molecule has 1 aromatic heterocycles. The standard InChI is InChI=1S/C44H52N4O3.C2HF3O2/c1-51-42-14-11-36(12-15-42)13-16-43(49)48(30-23-37-19-26-46-27-20-37)33-38-7-3-8-39(31-38)40-9-4-10-41(32-40)44(50)47-28-21-35(22-29-47)6-2-5-34-17-24-45-25-18-34;3-2(4,5)1(6)7/h3-4,7-16,19-20,26-27,31-32,34-35,45H,2,5-6,17-18,21-25,28-30,33H2,1H3;(H,6,7)/b16-13+;. The summed E-state index contributed by atoms with van der Waals surface area (Å²) in [6, 6.07) is 28.0. The third-order valence-corrected chi connectivity index (χ3v) is 10.8. The van der Waals surface area contributed by atoms with E-state index >= 15 is 0 Å². The van der Waals surface area contributed by atoms with E-state index in [1.807, 2.05) is 76.5 Å². The molecule has 0 radical (unpaired) electrons. The summed E-state index contributed by atoms with van der Waals surface area (Å²) in [6.45, 7) is 5.07. The van der Waals surface area contributed by atoms with Gasteiger partial charge in [0, 0.05) is 50.2 Å². The normalized spacial score (nSPS) is 15.1. The topological polar surface area (TPSA) is 112 Å². The van der Waals surface area contributed by atoms with Crippen molar-refractivity contribution < 1.29 is 37.4 Å². The predicted octanol–water partition coefficient (Wildman–Crippen LogP) is 8.70. The van der Waals surface area contributed by atoms with Gasteiger partial charge in [0.1, 0.15) is 5.75 Å². The Morgan fingerprint density at radius 3 is 2.12 bits per heavy atom. The van der Waals surface area contributed by atoms with Crippen LogP contribution in [0.5, 0.6) is 5.75 Å². The van der Waals surface area contributed by atoms with Gasteiger partial charge in [-0.1, -0.05) is 61.7 Å². The number of carbonyl (C=O) groups excluding carboxylic acids is 2. The summed E-state index contributed by atoms with van der Waals surface area (Å²) in [5, 5.41) is 10.6. The highest BCUT2D eigenvalue weighted by molar-refractivity contribution is 5.95. The molecule has 0 unspecified atom stereocenters. The van der Waals surface area contributed by atoms with Gasteiger partial charge in [-0.3, -0.25) is 14.6 Å². The SMILES string of the molecule is COc1ccc(/C=C/C(=O)N(CCc2ccncc2)Cc2cccc(-c3cccc(C(=O)N4CCC(CCCC5CCNCC5)CC4)c3)c2)cc1.O=C(O)C(F)(F)F. The van der Waals surface area contributed by atoms with Gasteiger partial charge in [-0.15, -0.1) is 0 Å². The molecule has 2 N–H and O–H groups in total. The monoisotopic (exact) mass is 798 g/mol. The molecule has 0 saturated carbocycles. The predicted molar refractivity (Wildman–Crippen MR) is 219 cm³/mol. The van der Waals surface area contributed by atoms with Crippen LogP contribution in [0.15, 0.2) is 103 Å². The van der Waals surface area contributed by atoms with Crippen LogP contribution < -0.4 is 10.1 Å². The van der Waals surface area contributed by atoms with Crippen LogP contribution in [0.4, 0.5) is 13.2 Å². The van der Waals surface area contributed by atoms with Crippen molar-refractivity contribution >= 4 is 23.9 Å². The third-order valence-electron chi connectivity index (χ3n) is 10.8. The van der Waals surface area contributed by atoms with Gasteiger partial charge in [0.15, 0.2) is 0 Å². The summed E-state index contributed by atoms with van der Waals surface area (Å²) in [6.07, 6.45) is 11.5. The number of halogens is 3. The Morgan fingerprint density at radius 2 is 1.48 bits per heavy atom. The van der Waals surface area contributed by atoms with Crippen LogP contribution in [-0.2, 0) is 22.6 Å². The maximum atomic E-state index is 13.6. The first kappa shape index (κ1) is 43.6. The second-order valence-electron chi connectivity index (χ2n) is 14.9. The van der Waals surface area contributed by atoms with Gasteiger partial charge in [0.05, 0.1) is 7.11 Å². The number of aromatic nitrogens is 1. The summed E-state index contributed by atoms with van der Waals surface area (Å²) in [5.41, 5.74) is 5.87. The first-order valence-corrected chi connectivity index (χ1v) is 20.0. The number of benzene rings is 3. The molecule has 3 aromatic carbocycles. The van der Waals surface area contributed by atoms with E-state index in [0.29, 0.717) is 13.1 Å². The van der Waals surface area contributed by atoms with Crippen molar-refractivity contribution in [3.8, 4) is 16.9 Å². The number of methoxy groups -OCH3 is 1. The molecule has 2 saturated heterocycles. The van der Waals surface area contributed by atoms with Gasteiger partial charge < -0.3 is 25.0 Å². The van der Waals surface area contributed by atoms with Gasteiger partial charge >= 0.3 is 12.1 Å². The number of hydrogen-bond donors (Lipinski definition) is 2. The van der Waals surface area contributed by atoms with E-state index in [1.165, 1.54) is 45.2 Å². The Morgan fingerprint density at radius 1 is 0.862 bits per heavy atom. The minimum atomic E-state index is -5.08. The molecule has 0 bridgehead atoms. The van der Waals surface area contributed by atoms with Crippen molar-refractivity contribution in [3.05, 3.63) is 126 Å². The number of pyridine rings is 1. The molecule has 9 nitrogen and oxygen atoms in total. The zero-order valence-electron chi connectivity index (χ0n) is 33.0. The van der Waals surface area contributed by atoms with Gasteiger partial charge in [-0.2, -0.15) is 13.2 Å². The smallest absolute Gasteiger partial charge is 0.490 e. The lowest BCUT2D eigenvalue weighted by Crippen LogP contribution is -2.38. The first-order valence-electron chi connectivity index (χ1n) is 20.0. The molecule has 12 heteroatoms. The molecule has 6 rings (SSSR count). The Bertz CT molecular complexity index is 1940. The molecular formula is C46H53F3N4O5. The number of carbonyl (C=O) groups is 3. The Labute approximate surface area is 338 Å². The maximum Gasteiger partial charge on any atom is 0.490 e. The number of rotatable bonds is 14. The average Bonchev–Trinajstić information content (AvgIpc) is 3.25. The molecule has 2 amide bonds. The number of nitrogens with zero attached hydrogens (tertiary/aromatic N) is 3. The molecule has 2 aliphatic heterocycles. The van der Waals surface area contributed by atoms with Gasteiger partial charge in [0.25, 0.3) is 5.91 Å². The number of alkyl halides is 3. The molecule has 0 aliphatic carbocycles. The highest BCUT2D eigenvalue weighted by atomic mass is 19.4. The minimum Gasteiger partial charge on any atom is -0.497 e. The molecule has 3 heterocycles. The van der Waals surface area contributed by atoms with Gasteiger partial charge in [-0.05, 0) is 133 Å². The van der Waals surface area contributed by atoms with Crippen LogP contribution in [0.3, 0.4) is 0 Å². The van der Waals surface area contributed by atoms with E-state index in [2.05, 4.69) is 34.6 Å². The Kier molecular flexibility index (Phi) is 16.5. The van der Waals surface area contributed by atoms with E-state index in [9.17, 15) is 22.8 Å². The number of aliphatic carboxylic acids is 1. The lowest BCUT2D eigenvalue weighted by Gasteiger charge is -2.32. The van der Waals surface area contributed by atoms with E-state index in [0.717, 1.165) is 83.3 Å². The van der Waals surface area contributed by atoms with Crippen molar-refractivity contribution in [2.24, 2.45) is 11.8 Å². The van der Waals surface area contributed by atoms with E-state index in [4.69, 9.17) is 14.6 Å². The molecule has 4 aromatic rings. The van der Waals surface area contributed by atoms with E-state index in [-0.39, 0.29) is 11.8 Å². The van der Waals surface area contributed by atoms with Crippen molar-refractivity contribution in [1.29, 1.82) is 0 Å². The average molecular weight is 799 g/mol. The minimum absolute atomic E-state index is 0.0524. The van der Waals surface area contributed by atoms with E-state index in [1.54, 1.807) is 25.6 Å². The molecule has 0 atom stereocenters. The number of likely N-dealkylation sites (tertiary alicyclic amines) is 1. The highest BCUT2D eigenvalue weighted by Gasteiger charge is 2.38. The number of hydrogen-bond acceptors (Lipinski definition) is 6. The fraction of sp³-hybridized carbons (Fsp3) is 0.391. The summed E-state index contributed by atoms with van der Waals surface area (Å²) >= 11 is 0. The van der Waals surface area contributed by atoms with Crippen LogP contribution >= 0.6 is 0 Å². The zero-order chi connectivity index (χ0) is 41.3. The van der Waals surface area contributed by atoms with Crippen LogP contribution in [0.2, 0.25) is 0 Å². The number of nitrogens with one attached hydrogen (secondary N) is 1. The molecule has 58 heavy (non-hydrogen) atoms. The van der Waals surface area contributed by atoms with E-state index < -0.39 is 12.1 Å². The van der Waals surface area contributed by atoms with Crippen LogP contribution in [0, 0.1) is 11.8 Å². The largest absolute Gasteiger partial charge is 0.497 e. The van der Waals surface area contributed by atoms with Crippen LogP contribution in [0.25, 0.3) is 17.2 Å². The van der Waals surface area contributed by atoms with Crippen molar-refractivity contribution in [3.63, 3.8) is 0 Å². The second-order valence-corrected chi connectivity index (χ2v) is 14.9. The highest BCUT2D eigenvalue weighted by Crippen LogP contribution is 2.28. The Hall–Kier alpha value is -5.49. The maximum absolute atomic E-state index is 13.6. The number of ether oxygens (including phenoxy) is 1. The lowest BCUT2D eigenvalue weighted by molar-refractivity contribution is -0.192. The van der Waals surface area contributed by atoms with Crippen LogP contribution in [-0.4, -0.2) is 83.7 Å². The summed E-state index contributed by atoms with van der Waals surface area (Å²) in [5.74, 6) is -0.277. The zero-order valence-corrected chi connectivity index (χ0v) is 33.0. The summed E-state index contributed by atoms with van der Waals surface area (Å²) in [4.78, 5) is 44.2. The number of piperidine rings is 2.